The van der Waals surface area contributed by atoms with E-state index in [1.807, 2.05) is 0 Å². The lowest BCUT2D eigenvalue weighted by Gasteiger charge is -2.53. The molecule has 0 aromatic carbocycles. The highest BCUT2D eigenvalue weighted by Crippen LogP contribution is 2.40. The molecular weight excluding hydrogens is 396 g/mol. The van der Waals surface area contributed by atoms with E-state index in [0.29, 0.717) is 25.0 Å². The van der Waals surface area contributed by atoms with Crippen LogP contribution in [0, 0.1) is 11.8 Å². The molecule has 4 heteroatoms. The van der Waals surface area contributed by atoms with Gasteiger partial charge in [-0.25, -0.2) is 0 Å². The predicted octanol–water partition coefficient (Wildman–Crippen LogP) is 6.25. The van der Waals surface area contributed by atoms with Gasteiger partial charge in [-0.05, 0) is 66.2 Å². The van der Waals surface area contributed by atoms with Crippen molar-refractivity contribution in [3.63, 3.8) is 0 Å². The summed E-state index contributed by atoms with van der Waals surface area (Å²) < 4.78 is 12.8. The maximum absolute atomic E-state index is 6.41. The minimum Gasteiger partial charge on any atom is -0.374 e. The zero-order chi connectivity index (χ0) is 24.2. The van der Waals surface area contributed by atoms with Crippen molar-refractivity contribution in [2.75, 3.05) is 13.2 Å². The van der Waals surface area contributed by atoms with Crippen molar-refractivity contribution < 1.29 is 9.47 Å². The first kappa shape index (κ1) is 27.8. The van der Waals surface area contributed by atoms with Crippen LogP contribution in [0.3, 0.4) is 0 Å². The van der Waals surface area contributed by atoms with Crippen LogP contribution in [0.2, 0.25) is 0 Å². The summed E-state index contributed by atoms with van der Waals surface area (Å²) in [6.07, 6.45) is 11.5. The summed E-state index contributed by atoms with van der Waals surface area (Å²) in [5.74, 6) is 0.983. The minimum absolute atomic E-state index is 0.128. The van der Waals surface area contributed by atoms with Gasteiger partial charge in [0, 0.05) is 34.0 Å². The predicted molar refractivity (Wildman–Crippen MR) is 137 cm³/mol. The van der Waals surface area contributed by atoms with Crippen LogP contribution in [0.25, 0.3) is 0 Å². The fourth-order valence-electron chi connectivity index (χ4n) is 5.96. The summed E-state index contributed by atoms with van der Waals surface area (Å²) in [6.45, 7) is 24.6. The van der Waals surface area contributed by atoms with Crippen molar-refractivity contribution in [3.8, 4) is 0 Å². The highest BCUT2D eigenvalue weighted by atomic mass is 16.5. The van der Waals surface area contributed by atoms with E-state index in [-0.39, 0.29) is 34.4 Å². The molecular formula is C28H54N2O2. The molecule has 8 unspecified atom stereocenters. The number of hydrogen-bond donors (Lipinski definition) is 2. The number of piperidine rings is 2. The molecule has 0 bridgehead atoms. The molecule has 188 valence electrons. The third-order valence-corrected chi connectivity index (χ3v) is 9.61. The second-order valence-corrected chi connectivity index (χ2v) is 11.8. The Kier molecular flexibility index (Phi) is 9.46. The summed E-state index contributed by atoms with van der Waals surface area (Å²) in [5.41, 5.74) is 0.558. The molecule has 0 radical (unpaired) electrons. The minimum atomic E-state index is 0.128. The van der Waals surface area contributed by atoms with Gasteiger partial charge in [0.25, 0.3) is 0 Å². The number of hydrogen-bond acceptors (Lipinski definition) is 4. The first-order valence-electron chi connectivity index (χ1n) is 13.4. The van der Waals surface area contributed by atoms with Crippen molar-refractivity contribution >= 4 is 0 Å². The van der Waals surface area contributed by atoms with Gasteiger partial charge in [-0.2, -0.15) is 0 Å². The maximum atomic E-state index is 6.41. The number of rotatable bonds is 10. The SMILES string of the molecule is CCC1(C)CC(OC/C=C/COC2CC(C)(CC)NC(C)(CC)C2C)C(C)C(C)(CC)N1. The smallest absolute Gasteiger partial charge is 0.0652 e. The summed E-state index contributed by atoms with van der Waals surface area (Å²) >= 11 is 0. The van der Waals surface area contributed by atoms with E-state index in [1.54, 1.807) is 0 Å². The van der Waals surface area contributed by atoms with E-state index in [4.69, 9.17) is 9.47 Å². The normalized spacial score (nSPS) is 45.4. The monoisotopic (exact) mass is 450 g/mol. The van der Waals surface area contributed by atoms with Gasteiger partial charge in [-0.15, -0.1) is 0 Å². The second kappa shape index (κ2) is 10.9. The lowest BCUT2D eigenvalue weighted by atomic mass is 9.70. The molecule has 0 saturated carbocycles. The summed E-state index contributed by atoms with van der Waals surface area (Å²) in [6, 6.07) is 0. The maximum Gasteiger partial charge on any atom is 0.0652 e. The van der Waals surface area contributed by atoms with Gasteiger partial charge in [0.2, 0.25) is 0 Å². The topological polar surface area (TPSA) is 42.5 Å². The van der Waals surface area contributed by atoms with Crippen molar-refractivity contribution in [3.05, 3.63) is 12.2 Å². The van der Waals surface area contributed by atoms with Gasteiger partial charge in [0.15, 0.2) is 0 Å². The Morgan fingerprint density at radius 2 is 1.00 bits per heavy atom. The molecule has 0 aromatic heterocycles. The molecule has 2 aliphatic rings. The zero-order valence-electron chi connectivity index (χ0n) is 22.9. The molecule has 8 atom stereocenters. The first-order chi connectivity index (χ1) is 14.9. The fourth-order valence-corrected chi connectivity index (χ4v) is 5.96. The van der Waals surface area contributed by atoms with Gasteiger partial charge in [-0.1, -0.05) is 53.7 Å². The van der Waals surface area contributed by atoms with Crippen LogP contribution in [-0.4, -0.2) is 47.6 Å². The molecule has 2 aliphatic heterocycles. The van der Waals surface area contributed by atoms with Gasteiger partial charge in [-0.3, -0.25) is 0 Å². The Balaban J connectivity index is 1.89. The van der Waals surface area contributed by atoms with Crippen LogP contribution in [0.5, 0.6) is 0 Å². The van der Waals surface area contributed by atoms with E-state index in [1.165, 1.54) is 0 Å². The average Bonchev–Trinajstić information content (AvgIpc) is 2.77. The average molecular weight is 451 g/mol. The van der Waals surface area contributed by atoms with Crippen molar-refractivity contribution in [2.24, 2.45) is 11.8 Å². The van der Waals surface area contributed by atoms with E-state index in [9.17, 15) is 0 Å². The molecule has 2 N–H and O–H groups in total. The molecule has 2 rings (SSSR count). The van der Waals surface area contributed by atoms with Crippen LogP contribution in [-0.2, 0) is 9.47 Å². The number of nitrogens with one attached hydrogen (secondary N) is 2. The van der Waals surface area contributed by atoms with Crippen LogP contribution in [0.15, 0.2) is 12.2 Å². The van der Waals surface area contributed by atoms with Crippen molar-refractivity contribution in [1.82, 2.24) is 10.6 Å². The van der Waals surface area contributed by atoms with Crippen molar-refractivity contribution in [2.45, 2.75) is 142 Å². The first-order valence-corrected chi connectivity index (χ1v) is 13.4. The molecule has 4 nitrogen and oxygen atoms in total. The Morgan fingerprint density at radius 1 is 0.656 bits per heavy atom. The van der Waals surface area contributed by atoms with Crippen LogP contribution in [0.1, 0.15) is 108 Å². The highest BCUT2D eigenvalue weighted by Gasteiger charge is 2.47. The summed E-state index contributed by atoms with van der Waals surface area (Å²) in [5, 5.41) is 7.87. The highest BCUT2D eigenvalue weighted by molar-refractivity contribution is 5.06. The Morgan fingerprint density at radius 3 is 1.28 bits per heavy atom. The Labute approximate surface area is 199 Å². The van der Waals surface area contributed by atoms with Crippen LogP contribution in [0.4, 0.5) is 0 Å². The third kappa shape index (κ3) is 6.17. The summed E-state index contributed by atoms with van der Waals surface area (Å²) in [7, 11) is 0. The van der Waals surface area contributed by atoms with Crippen LogP contribution >= 0.6 is 0 Å². The molecule has 2 saturated heterocycles. The number of ether oxygens (including phenoxy) is 2. The molecule has 2 heterocycles. The zero-order valence-corrected chi connectivity index (χ0v) is 22.9. The lowest BCUT2D eigenvalue weighted by molar-refractivity contribution is -0.0664. The Hall–Kier alpha value is -0.420. The van der Waals surface area contributed by atoms with Gasteiger partial charge in [0.05, 0.1) is 25.4 Å². The van der Waals surface area contributed by atoms with E-state index >= 15 is 0 Å². The van der Waals surface area contributed by atoms with Crippen molar-refractivity contribution in [1.29, 1.82) is 0 Å². The largest absolute Gasteiger partial charge is 0.374 e. The Bertz CT molecular complexity index is 573. The molecule has 0 spiro atoms. The van der Waals surface area contributed by atoms with E-state index < -0.39 is 0 Å². The van der Waals surface area contributed by atoms with Gasteiger partial charge >= 0.3 is 0 Å². The molecule has 0 aromatic rings. The standard InChI is InChI=1S/C28H54N2O2/c1-11-25(7)19-23(21(5)27(9,13-3)29-25)31-17-15-16-18-32-24-20-26(8,12-2)30-28(10,14-4)22(24)6/h15-16,21-24,29-30H,11-14,17-20H2,1-10H3/b16-15+. The lowest BCUT2D eigenvalue weighted by Crippen LogP contribution is -2.66. The van der Waals surface area contributed by atoms with Gasteiger partial charge in [0.1, 0.15) is 0 Å². The van der Waals surface area contributed by atoms with E-state index in [0.717, 1.165) is 38.5 Å². The third-order valence-electron chi connectivity index (χ3n) is 9.61. The molecule has 2 fully saturated rings. The second-order valence-electron chi connectivity index (χ2n) is 11.8. The molecule has 0 amide bonds. The van der Waals surface area contributed by atoms with Gasteiger partial charge < -0.3 is 20.1 Å². The van der Waals surface area contributed by atoms with Crippen LogP contribution < -0.4 is 10.6 Å². The molecule has 32 heavy (non-hydrogen) atoms. The fraction of sp³-hybridized carbons (Fsp3) is 0.929. The molecule has 0 aliphatic carbocycles. The summed E-state index contributed by atoms with van der Waals surface area (Å²) in [4.78, 5) is 0. The quantitative estimate of drug-likeness (QED) is 0.386. The van der Waals surface area contributed by atoms with E-state index in [2.05, 4.69) is 92.0 Å².